The summed E-state index contributed by atoms with van der Waals surface area (Å²) in [6.45, 7) is 8.06. The van der Waals surface area contributed by atoms with Crippen molar-refractivity contribution in [2.45, 2.75) is 19.7 Å². The minimum atomic E-state index is 1.17. The van der Waals surface area contributed by atoms with Crippen molar-refractivity contribution in [3.8, 4) is 0 Å². The van der Waals surface area contributed by atoms with Crippen LogP contribution in [-0.2, 0) is 0 Å². The maximum absolute atomic E-state index is 3.55. The van der Waals surface area contributed by atoms with Gasteiger partial charge in [0.2, 0.25) is 0 Å². The van der Waals surface area contributed by atoms with Crippen LogP contribution >= 0.6 is 0 Å². The predicted octanol–water partition coefficient (Wildman–Crippen LogP) is -0.427. The molecule has 0 aromatic carbocycles. The Morgan fingerprint density at radius 2 is 2.29 bits per heavy atom. The molecular formula is C3H8B4. The van der Waals surface area contributed by atoms with Gasteiger partial charge in [-0.05, 0) is 0 Å². The van der Waals surface area contributed by atoms with Crippen LogP contribution in [0.15, 0.2) is 0 Å². The van der Waals surface area contributed by atoms with Gasteiger partial charge < -0.3 is 0 Å². The molecule has 0 saturated carbocycles. The second kappa shape index (κ2) is 6.26. The van der Waals surface area contributed by atoms with Crippen LogP contribution in [0.4, 0.5) is 0 Å². The molecule has 0 fully saturated rings. The summed E-state index contributed by atoms with van der Waals surface area (Å²) in [6.07, 6.45) is 2.40. The van der Waals surface area contributed by atoms with Gasteiger partial charge in [0.15, 0.2) is 0 Å². The van der Waals surface area contributed by atoms with E-state index in [1.54, 1.807) is 6.69 Å². The van der Waals surface area contributed by atoms with E-state index in [0.29, 0.717) is 0 Å². The molecule has 0 bridgehead atoms. The summed E-state index contributed by atoms with van der Waals surface area (Å²) < 4.78 is 0. The summed E-state index contributed by atoms with van der Waals surface area (Å²) in [6, 6.07) is 0. The molecule has 0 aliphatic carbocycles. The third-order valence-electron chi connectivity index (χ3n) is 0.728. The van der Waals surface area contributed by atoms with Crippen LogP contribution in [-0.4, -0.2) is 27.6 Å². The fourth-order valence-electron chi connectivity index (χ4n) is 0.359. The zero-order valence-electron chi connectivity index (χ0n) is 4.85. The molecule has 0 atom stereocenters. The van der Waals surface area contributed by atoms with Crippen LogP contribution in [0.5, 0.6) is 0 Å². The van der Waals surface area contributed by atoms with Crippen molar-refractivity contribution in [1.29, 1.82) is 0 Å². The number of hydrogen-bond donors (Lipinski definition) is 0. The Morgan fingerprint density at radius 3 is 2.71 bits per heavy atom. The number of hydrogen-bond acceptors (Lipinski definition) is 0. The third kappa shape index (κ3) is 6.26. The molecule has 32 valence electrons. The molecule has 0 aromatic heterocycles. The normalized spacial score (nSPS) is 6.86. The Balaban J connectivity index is 2.92. The molecule has 0 radical (unpaired) electrons. The topological polar surface area (TPSA) is 0 Å². The molecule has 0 spiro atoms. The van der Waals surface area contributed by atoms with Crippen LogP contribution in [0, 0.1) is 0 Å². The maximum atomic E-state index is 3.55. The molecule has 0 nitrogen and oxygen atoms in total. The Hall–Kier alpha value is 0.260. The first-order valence-electron chi connectivity index (χ1n) is 2.69. The first kappa shape index (κ1) is 7.26. The van der Waals surface area contributed by atoms with Gasteiger partial charge in [0, 0.05) is 0 Å². The summed E-state index contributed by atoms with van der Waals surface area (Å²) in [5, 5.41) is 0. The molecule has 0 aliphatic rings. The Labute approximate surface area is 48.1 Å². The van der Waals surface area contributed by atoms with Gasteiger partial charge in [-0.1, -0.05) is 0 Å². The van der Waals surface area contributed by atoms with Crippen LogP contribution in [0.2, 0.25) is 6.32 Å². The van der Waals surface area contributed by atoms with E-state index in [2.05, 4.69) is 21.1 Å². The second-order valence-electron chi connectivity index (χ2n) is 1.45. The van der Waals surface area contributed by atoms with E-state index in [-0.39, 0.29) is 0 Å². The fourth-order valence-corrected chi connectivity index (χ4v) is 0.359. The van der Waals surface area contributed by atoms with Gasteiger partial charge >= 0.3 is 47.2 Å². The van der Waals surface area contributed by atoms with Crippen LogP contribution in [0.1, 0.15) is 13.3 Å². The molecular weight excluding hydrogens is 79.3 g/mol. The van der Waals surface area contributed by atoms with Gasteiger partial charge in [0.05, 0.1) is 0 Å². The first-order valence-corrected chi connectivity index (χ1v) is 2.69. The molecule has 0 heterocycles. The summed E-state index contributed by atoms with van der Waals surface area (Å²) in [4.78, 5) is 0. The zero-order chi connectivity index (χ0) is 5.54. The van der Waals surface area contributed by atoms with Crippen molar-refractivity contribution in [2.75, 3.05) is 0 Å². The number of rotatable bonds is 3. The predicted molar refractivity (Wildman–Crippen MR) is 39.5 cm³/mol. The summed E-state index contributed by atoms with van der Waals surface area (Å²) in [5.41, 5.74) is 0. The average molecular weight is 87.3 g/mol. The van der Waals surface area contributed by atoms with E-state index in [1.807, 2.05) is 6.69 Å². The van der Waals surface area contributed by atoms with E-state index in [0.717, 1.165) is 0 Å². The van der Waals surface area contributed by atoms with Gasteiger partial charge in [-0.25, -0.2) is 0 Å². The SMILES string of the molecule is B=BB=BCCC. The monoisotopic (exact) mass is 88.1 g/mol. The van der Waals surface area contributed by atoms with Crippen molar-refractivity contribution in [3.63, 3.8) is 0 Å². The van der Waals surface area contributed by atoms with Gasteiger partial charge in [0.1, 0.15) is 0 Å². The molecule has 0 aromatic rings. The fraction of sp³-hybridized carbons (Fsp3) is 1.00. The zero-order valence-corrected chi connectivity index (χ0v) is 4.85. The van der Waals surface area contributed by atoms with Crippen molar-refractivity contribution in [1.82, 2.24) is 0 Å². The molecule has 0 unspecified atom stereocenters. The molecule has 0 aliphatic heterocycles. The van der Waals surface area contributed by atoms with E-state index >= 15 is 0 Å². The van der Waals surface area contributed by atoms with Crippen LogP contribution in [0.25, 0.3) is 0 Å². The van der Waals surface area contributed by atoms with Crippen molar-refractivity contribution in [3.05, 3.63) is 0 Å². The quantitative estimate of drug-likeness (QED) is 0.410. The van der Waals surface area contributed by atoms with Crippen molar-refractivity contribution < 1.29 is 0 Å². The van der Waals surface area contributed by atoms with Gasteiger partial charge in [-0.3, -0.25) is 0 Å². The standard InChI is InChI=1S/C3H8B4/c1-2-3-5-7-6-4/h4H,2-3H2,1H3. The van der Waals surface area contributed by atoms with E-state index in [1.165, 1.54) is 12.7 Å². The average Bonchev–Trinajstić information content (AvgIpc) is 1.69. The van der Waals surface area contributed by atoms with Crippen molar-refractivity contribution >= 4 is 27.6 Å². The second-order valence-corrected chi connectivity index (χ2v) is 1.45. The van der Waals surface area contributed by atoms with Crippen LogP contribution < -0.4 is 0 Å². The third-order valence-corrected chi connectivity index (χ3v) is 0.728. The van der Waals surface area contributed by atoms with Gasteiger partial charge in [-0.2, -0.15) is 0 Å². The molecule has 4 heteroatoms. The van der Waals surface area contributed by atoms with E-state index in [4.69, 9.17) is 0 Å². The van der Waals surface area contributed by atoms with Gasteiger partial charge in [0.25, 0.3) is 0 Å². The Kier molecular flexibility index (Phi) is 6.49. The summed E-state index contributed by atoms with van der Waals surface area (Å²) in [7, 11) is 3.55. The summed E-state index contributed by atoms with van der Waals surface area (Å²) in [5.74, 6) is 0. The van der Waals surface area contributed by atoms with Crippen LogP contribution in [0.3, 0.4) is 0 Å². The Morgan fingerprint density at radius 1 is 1.57 bits per heavy atom. The summed E-state index contributed by atoms with van der Waals surface area (Å²) >= 11 is 0. The van der Waals surface area contributed by atoms with Gasteiger partial charge in [-0.15, -0.1) is 0 Å². The molecule has 0 amide bonds. The Bertz CT molecular complexity index is 67.3. The molecule has 0 saturated heterocycles. The van der Waals surface area contributed by atoms with E-state index < -0.39 is 0 Å². The minimum absolute atomic E-state index is 1.17. The molecule has 7 heavy (non-hydrogen) atoms. The molecule has 0 N–H and O–H groups in total. The van der Waals surface area contributed by atoms with Crippen molar-refractivity contribution in [2.24, 2.45) is 0 Å². The first-order chi connectivity index (χ1) is 3.41. The van der Waals surface area contributed by atoms with E-state index in [9.17, 15) is 0 Å². The molecule has 0 rings (SSSR count).